The van der Waals surface area contributed by atoms with Gasteiger partial charge in [-0.15, -0.1) is 9.24 Å². The zero-order valence-corrected chi connectivity index (χ0v) is 8.77. The molecule has 0 aliphatic rings. The van der Waals surface area contributed by atoms with Crippen LogP contribution in [-0.4, -0.2) is 7.85 Å². The van der Waals surface area contributed by atoms with Gasteiger partial charge in [0.2, 0.25) is 0 Å². The predicted molar refractivity (Wildman–Crippen MR) is 58.7 cm³/mol. The number of rotatable bonds is 2. The van der Waals surface area contributed by atoms with Crippen molar-refractivity contribution in [1.29, 1.82) is 0 Å². The minimum Gasteiger partial charge on any atom is -0.139 e. The minimum atomic E-state index is 0.0590. The van der Waals surface area contributed by atoms with Gasteiger partial charge in [0.25, 0.3) is 0 Å². The largest absolute Gasteiger partial charge is 0.139 e. The summed E-state index contributed by atoms with van der Waals surface area (Å²) in [4.78, 5) is 0. The van der Waals surface area contributed by atoms with E-state index in [1.165, 1.54) is 11.1 Å². The summed E-state index contributed by atoms with van der Waals surface area (Å²) in [5.41, 5.74) is 2.60. The zero-order chi connectivity index (χ0) is 9.14. The zero-order valence-electron chi connectivity index (χ0n) is 7.62. The van der Waals surface area contributed by atoms with Crippen molar-refractivity contribution in [2.45, 2.75) is 25.3 Å². The Morgan fingerprint density at radius 1 is 1.25 bits per heavy atom. The second-order valence-corrected chi connectivity index (χ2v) is 4.07. The molecule has 0 bridgehead atoms. The fourth-order valence-electron chi connectivity index (χ4n) is 1.13. The molecule has 0 aliphatic heterocycles. The molecule has 0 saturated carbocycles. The van der Waals surface area contributed by atoms with Gasteiger partial charge in [-0.05, 0) is 22.6 Å². The second-order valence-electron chi connectivity index (χ2n) is 3.35. The first-order valence-corrected chi connectivity index (χ1v) is 4.89. The normalized spacial score (nSPS) is 13.3. The SMILES string of the molecule is [B]C(P)c1cccc(C(C)C)c1. The van der Waals surface area contributed by atoms with Crippen molar-refractivity contribution in [3.63, 3.8) is 0 Å². The van der Waals surface area contributed by atoms with Gasteiger partial charge in [0, 0.05) is 0 Å². The highest BCUT2D eigenvalue weighted by molar-refractivity contribution is 7.20. The molecule has 2 unspecified atom stereocenters. The van der Waals surface area contributed by atoms with E-state index >= 15 is 0 Å². The number of hydrogen-bond donors (Lipinski definition) is 0. The van der Waals surface area contributed by atoms with Crippen LogP contribution in [-0.2, 0) is 0 Å². The van der Waals surface area contributed by atoms with E-state index < -0.39 is 0 Å². The van der Waals surface area contributed by atoms with Gasteiger partial charge in [0.1, 0.15) is 0 Å². The van der Waals surface area contributed by atoms with Gasteiger partial charge in [-0.3, -0.25) is 0 Å². The Hall–Kier alpha value is -0.285. The molecule has 2 atom stereocenters. The maximum absolute atomic E-state index is 5.75. The molecule has 1 aromatic carbocycles. The Morgan fingerprint density at radius 2 is 1.83 bits per heavy atom. The van der Waals surface area contributed by atoms with Crippen LogP contribution in [0.15, 0.2) is 24.3 Å². The summed E-state index contributed by atoms with van der Waals surface area (Å²) < 4.78 is 0. The van der Waals surface area contributed by atoms with Crippen molar-refractivity contribution in [3.8, 4) is 0 Å². The molecule has 12 heavy (non-hydrogen) atoms. The average molecular weight is 176 g/mol. The van der Waals surface area contributed by atoms with Crippen molar-refractivity contribution in [3.05, 3.63) is 35.4 Å². The van der Waals surface area contributed by atoms with Gasteiger partial charge in [-0.1, -0.05) is 38.1 Å². The van der Waals surface area contributed by atoms with Crippen LogP contribution in [0, 0.1) is 0 Å². The van der Waals surface area contributed by atoms with Crippen LogP contribution in [0.25, 0.3) is 0 Å². The van der Waals surface area contributed by atoms with Crippen LogP contribution < -0.4 is 0 Å². The van der Waals surface area contributed by atoms with Crippen LogP contribution in [0.1, 0.15) is 36.5 Å². The van der Waals surface area contributed by atoms with Gasteiger partial charge in [-0.2, -0.15) is 0 Å². The summed E-state index contributed by atoms with van der Waals surface area (Å²) >= 11 is 0. The quantitative estimate of drug-likeness (QED) is 0.480. The van der Waals surface area contributed by atoms with E-state index in [1.54, 1.807) is 0 Å². The van der Waals surface area contributed by atoms with Crippen molar-refractivity contribution in [1.82, 2.24) is 0 Å². The first kappa shape index (κ1) is 9.80. The van der Waals surface area contributed by atoms with Crippen LogP contribution in [0.4, 0.5) is 0 Å². The van der Waals surface area contributed by atoms with Crippen molar-refractivity contribution in [2.24, 2.45) is 0 Å². The molecular weight excluding hydrogens is 162 g/mol. The third kappa shape index (κ3) is 2.35. The first-order chi connectivity index (χ1) is 5.61. The molecule has 0 nitrogen and oxygen atoms in total. The monoisotopic (exact) mass is 176 g/mol. The Morgan fingerprint density at radius 3 is 2.33 bits per heavy atom. The van der Waals surface area contributed by atoms with Gasteiger partial charge in [0.15, 0.2) is 0 Å². The number of benzene rings is 1. The van der Waals surface area contributed by atoms with Gasteiger partial charge < -0.3 is 0 Å². The molecule has 2 heteroatoms. The molecule has 0 N–H and O–H groups in total. The minimum absolute atomic E-state index is 0.0590. The van der Waals surface area contributed by atoms with Gasteiger partial charge >= 0.3 is 0 Å². The van der Waals surface area contributed by atoms with E-state index in [1.807, 2.05) is 0 Å². The van der Waals surface area contributed by atoms with E-state index in [-0.39, 0.29) is 5.56 Å². The molecule has 1 rings (SSSR count). The molecule has 0 heterocycles. The summed E-state index contributed by atoms with van der Waals surface area (Å²) in [6.07, 6.45) is 0. The molecular formula is C10H14BP. The maximum Gasteiger partial charge on any atom is 0.0820 e. The molecule has 0 aliphatic carbocycles. The molecule has 0 spiro atoms. The summed E-state index contributed by atoms with van der Waals surface area (Å²) in [5, 5.41) is 0. The fraction of sp³-hybridized carbons (Fsp3) is 0.400. The topological polar surface area (TPSA) is 0 Å². The summed E-state index contributed by atoms with van der Waals surface area (Å²) in [5.74, 6) is 0.577. The second kappa shape index (κ2) is 4.09. The molecule has 0 saturated heterocycles. The lowest BCUT2D eigenvalue weighted by Crippen LogP contribution is -1.92. The van der Waals surface area contributed by atoms with Gasteiger partial charge in [0.05, 0.1) is 7.85 Å². The standard InChI is InChI=1S/C10H14BP/c1-7(2)8-4-3-5-9(6-8)10(11)12/h3-7,10H,12H2,1-2H3. The molecule has 0 fully saturated rings. The predicted octanol–water partition coefficient (Wildman–Crippen LogP) is 2.85. The van der Waals surface area contributed by atoms with E-state index in [0.717, 1.165) is 0 Å². The maximum atomic E-state index is 5.75. The van der Waals surface area contributed by atoms with Crippen molar-refractivity contribution in [2.75, 3.05) is 0 Å². The van der Waals surface area contributed by atoms with Crippen LogP contribution in [0.5, 0.6) is 0 Å². The molecule has 62 valence electrons. The Labute approximate surface area is 78.4 Å². The van der Waals surface area contributed by atoms with Gasteiger partial charge in [-0.25, -0.2) is 0 Å². The molecule has 1 aromatic rings. The highest BCUT2D eigenvalue weighted by Crippen LogP contribution is 2.22. The lowest BCUT2D eigenvalue weighted by Gasteiger charge is -2.10. The van der Waals surface area contributed by atoms with Crippen molar-refractivity contribution < 1.29 is 0 Å². The summed E-state index contributed by atoms with van der Waals surface area (Å²) in [6.45, 7) is 4.38. The molecule has 0 amide bonds. The van der Waals surface area contributed by atoms with E-state index in [9.17, 15) is 0 Å². The third-order valence-corrected chi connectivity index (χ3v) is 2.35. The Kier molecular flexibility index (Phi) is 3.34. The highest BCUT2D eigenvalue weighted by atomic mass is 31.0. The van der Waals surface area contributed by atoms with Crippen LogP contribution >= 0.6 is 9.24 Å². The third-order valence-electron chi connectivity index (χ3n) is 1.96. The van der Waals surface area contributed by atoms with Crippen LogP contribution in [0.2, 0.25) is 0 Å². The smallest absolute Gasteiger partial charge is 0.0820 e. The Balaban J connectivity index is 2.96. The fourth-order valence-corrected chi connectivity index (χ4v) is 1.33. The van der Waals surface area contributed by atoms with E-state index in [0.29, 0.717) is 5.92 Å². The molecule has 2 radical (unpaired) electrons. The lowest BCUT2D eigenvalue weighted by molar-refractivity contribution is 0.864. The summed E-state index contributed by atoms with van der Waals surface area (Å²) in [7, 11) is 8.35. The van der Waals surface area contributed by atoms with E-state index in [2.05, 4.69) is 47.4 Å². The average Bonchev–Trinajstić information content (AvgIpc) is 2.04. The Bertz CT molecular complexity index is 233. The highest BCUT2D eigenvalue weighted by Gasteiger charge is 2.02. The van der Waals surface area contributed by atoms with E-state index in [4.69, 9.17) is 7.85 Å². The lowest BCUT2D eigenvalue weighted by atomic mass is 9.92. The first-order valence-electron chi connectivity index (χ1n) is 4.22. The van der Waals surface area contributed by atoms with Crippen molar-refractivity contribution >= 4 is 17.1 Å². The number of hydrogen-bond acceptors (Lipinski definition) is 0. The van der Waals surface area contributed by atoms with Crippen LogP contribution in [0.3, 0.4) is 0 Å². The molecule has 0 aromatic heterocycles. The summed E-state index contributed by atoms with van der Waals surface area (Å²) in [6, 6.07) is 8.43.